The van der Waals surface area contributed by atoms with Gasteiger partial charge in [0, 0.05) is 30.0 Å². The second-order valence-corrected chi connectivity index (χ2v) is 6.60. The molecule has 2 fully saturated rings. The number of aliphatic hydroxyl groups excluding tert-OH is 1. The third kappa shape index (κ3) is 3.54. The molecule has 2 rings (SSSR count). The highest BCUT2D eigenvalue weighted by molar-refractivity contribution is 5.88. The normalized spacial score (nSPS) is 34.2. The number of fused-ring (bicyclic) bond motifs is 2. The molecule has 0 saturated carbocycles. The summed E-state index contributed by atoms with van der Waals surface area (Å²) in [4.78, 5) is 26.0. The van der Waals surface area contributed by atoms with Crippen LogP contribution < -0.4 is 0 Å². The van der Waals surface area contributed by atoms with Crippen molar-refractivity contribution in [1.82, 2.24) is 4.90 Å². The maximum absolute atomic E-state index is 12.0. The lowest BCUT2D eigenvalue weighted by molar-refractivity contribution is -0.152. The summed E-state index contributed by atoms with van der Waals surface area (Å²) in [6, 6.07) is -0.341. The van der Waals surface area contributed by atoms with Crippen LogP contribution in [0.15, 0.2) is 23.3 Å². The fourth-order valence-electron chi connectivity index (χ4n) is 3.35. The molecule has 0 aromatic rings. The van der Waals surface area contributed by atoms with Gasteiger partial charge in [0.25, 0.3) is 0 Å². The number of esters is 2. The molecule has 134 valence electrons. The van der Waals surface area contributed by atoms with Gasteiger partial charge in [-0.1, -0.05) is 12.2 Å². The number of piperidine rings is 1. The van der Waals surface area contributed by atoms with Crippen LogP contribution in [0, 0.1) is 0 Å². The van der Waals surface area contributed by atoms with Gasteiger partial charge in [-0.2, -0.15) is 0 Å². The molecule has 0 spiro atoms. The molecule has 0 aliphatic carbocycles. The van der Waals surface area contributed by atoms with Gasteiger partial charge in [0.15, 0.2) is 0 Å². The molecule has 6 heteroatoms. The number of aliphatic hydroxyl groups is 1. The minimum atomic E-state index is -0.778. The quantitative estimate of drug-likeness (QED) is 0.620. The molecule has 2 aliphatic rings. The van der Waals surface area contributed by atoms with Crippen molar-refractivity contribution in [3.63, 3.8) is 0 Å². The molecule has 2 aliphatic heterocycles. The summed E-state index contributed by atoms with van der Waals surface area (Å²) in [5.74, 6) is -0.750. The minimum absolute atomic E-state index is 0.156. The number of likely N-dealkylation sites (N-methyl/N-ethyl adjacent to an activating group) is 1. The topological polar surface area (TPSA) is 76.1 Å². The number of carbonyl (C=O) groups excluding carboxylic acids is 2. The van der Waals surface area contributed by atoms with E-state index in [2.05, 4.69) is 0 Å². The van der Waals surface area contributed by atoms with Crippen LogP contribution in [0.5, 0.6) is 0 Å². The first-order chi connectivity index (χ1) is 11.3. The average molecular weight is 337 g/mol. The summed E-state index contributed by atoms with van der Waals surface area (Å²) < 4.78 is 11.1. The van der Waals surface area contributed by atoms with Crippen molar-refractivity contribution in [3.05, 3.63) is 23.3 Å². The van der Waals surface area contributed by atoms with E-state index < -0.39 is 18.2 Å². The lowest BCUT2D eigenvalue weighted by Crippen LogP contribution is -2.46. The van der Waals surface area contributed by atoms with Crippen LogP contribution in [-0.4, -0.2) is 59.4 Å². The van der Waals surface area contributed by atoms with Gasteiger partial charge in [-0.25, -0.2) is 9.59 Å². The van der Waals surface area contributed by atoms with E-state index in [0.717, 1.165) is 0 Å². The van der Waals surface area contributed by atoms with Crippen LogP contribution in [0.4, 0.5) is 0 Å². The highest BCUT2D eigenvalue weighted by Gasteiger charge is 2.53. The molecule has 2 heterocycles. The van der Waals surface area contributed by atoms with E-state index in [1.54, 1.807) is 39.8 Å². The molecule has 0 radical (unpaired) electrons. The van der Waals surface area contributed by atoms with E-state index in [0.29, 0.717) is 24.0 Å². The molecule has 4 unspecified atom stereocenters. The summed E-state index contributed by atoms with van der Waals surface area (Å²) in [6.07, 6.45) is 2.82. The zero-order valence-electron chi connectivity index (χ0n) is 15.0. The van der Waals surface area contributed by atoms with Crippen molar-refractivity contribution in [2.24, 2.45) is 0 Å². The minimum Gasteiger partial charge on any atom is -0.459 e. The Morgan fingerprint density at radius 1 is 1.00 bits per heavy atom. The Kier molecular flexibility index (Phi) is 5.83. The van der Waals surface area contributed by atoms with Crippen molar-refractivity contribution in [2.75, 3.05) is 7.05 Å². The van der Waals surface area contributed by atoms with Crippen LogP contribution in [0.2, 0.25) is 0 Å². The van der Waals surface area contributed by atoms with Gasteiger partial charge in [-0.3, -0.25) is 4.90 Å². The third-order valence-electron chi connectivity index (χ3n) is 5.19. The van der Waals surface area contributed by atoms with E-state index >= 15 is 0 Å². The molecule has 0 amide bonds. The fraction of sp³-hybridized carbons (Fsp3) is 0.667. The van der Waals surface area contributed by atoms with E-state index in [9.17, 15) is 14.7 Å². The van der Waals surface area contributed by atoms with Gasteiger partial charge in [0.05, 0.1) is 6.04 Å². The second kappa shape index (κ2) is 7.49. The lowest BCUT2D eigenvalue weighted by Gasteiger charge is -2.36. The van der Waals surface area contributed by atoms with Crippen molar-refractivity contribution in [1.29, 1.82) is 0 Å². The predicted molar refractivity (Wildman–Crippen MR) is 89.2 cm³/mol. The van der Waals surface area contributed by atoms with E-state index in [1.807, 2.05) is 11.9 Å². The molecule has 2 bridgehead atoms. The first-order valence-corrected chi connectivity index (χ1v) is 8.37. The summed E-state index contributed by atoms with van der Waals surface area (Å²) >= 11 is 0. The number of ether oxygens (including phenoxy) is 2. The number of allylic oxidation sites excluding steroid dienone is 2. The molecule has 0 aromatic carbocycles. The summed E-state index contributed by atoms with van der Waals surface area (Å²) in [7, 11) is 1.91. The van der Waals surface area contributed by atoms with Crippen LogP contribution in [0.1, 0.15) is 40.5 Å². The van der Waals surface area contributed by atoms with Crippen molar-refractivity contribution in [3.8, 4) is 0 Å². The SMILES string of the molecule is C/C=C(\C)C(=O)OC1CC2C(OC(=O)/C(C)=C/C)C(O)[C@@H](C1)N2C. The van der Waals surface area contributed by atoms with Gasteiger partial charge in [0.1, 0.15) is 18.3 Å². The van der Waals surface area contributed by atoms with Crippen LogP contribution >= 0.6 is 0 Å². The summed E-state index contributed by atoms with van der Waals surface area (Å²) in [5.41, 5.74) is 1.08. The smallest absolute Gasteiger partial charge is 0.333 e. The molecular formula is C18H27NO5. The standard InChI is InChI=1S/C18H27NO5/c1-6-10(3)17(21)23-12-8-13-15(20)16(14(9-12)19(13)5)24-18(22)11(4)7-2/h6-7,12-16,20H,8-9H2,1-5H3/b10-6+,11-7+/t12?,13-,14?,15?,16?/m1/s1. The number of nitrogens with zero attached hydrogens (tertiary/aromatic N) is 1. The number of hydrogen-bond donors (Lipinski definition) is 1. The monoisotopic (exact) mass is 337 g/mol. The zero-order valence-corrected chi connectivity index (χ0v) is 15.0. The van der Waals surface area contributed by atoms with E-state index in [1.165, 1.54) is 0 Å². The van der Waals surface area contributed by atoms with Gasteiger partial charge < -0.3 is 14.6 Å². The molecule has 24 heavy (non-hydrogen) atoms. The fourth-order valence-corrected chi connectivity index (χ4v) is 3.35. The Bertz CT molecular complexity index is 568. The molecule has 6 nitrogen and oxygen atoms in total. The lowest BCUT2D eigenvalue weighted by atomic mass is 10.00. The maximum Gasteiger partial charge on any atom is 0.333 e. The van der Waals surface area contributed by atoms with Gasteiger partial charge in [-0.15, -0.1) is 0 Å². The van der Waals surface area contributed by atoms with E-state index in [-0.39, 0.29) is 24.2 Å². The largest absolute Gasteiger partial charge is 0.459 e. The number of rotatable bonds is 4. The second-order valence-electron chi connectivity index (χ2n) is 6.60. The third-order valence-corrected chi connectivity index (χ3v) is 5.19. The summed E-state index contributed by atoms with van der Waals surface area (Å²) in [5, 5.41) is 10.5. The summed E-state index contributed by atoms with van der Waals surface area (Å²) in [6.45, 7) is 6.96. The van der Waals surface area contributed by atoms with Crippen molar-refractivity contribution >= 4 is 11.9 Å². The predicted octanol–water partition coefficient (Wildman–Crippen LogP) is 1.58. The Balaban J connectivity index is 2.09. The highest BCUT2D eigenvalue weighted by atomic mass is 16.6. The van der Waals surface area contributed by atoms with E-state index in [4.69, 9.17) is 9.47 Å². The van der Waals surface area contributed by atoms with Crippen LogP contribution in [0.3, 0.4) is 0 Å². The van der Waals surface area contributed by atoms with Gasteiger partial charge in [0.2, 0.25) is 0 Å². The molecule has 5 atom stereocenters. The van der Waals surface area contributed by atoms with Crippen molar-refractivity contribution in [2.45, 2.75) is 70.9 Å². The van der Waals surface area contributed by atoms with Gasteiger partial charge >= 0.3 is 11.9 Å². The van der Waals surface area contributed by atoms with Crippen LogP contribution in [-0.2, 0) is 19.1 Å². The maximum atomic E-state index is 12.0. The Labute approximate surface area is 143 Å². The average Bonchev–Trinajstić information content (AvgIpc) is 2.70. The van der Waals surface area contributed by atoms with Gasteiger partial charge in [-0.05, 0) is 34.7 Å². The Morgan fingerprint density at radius 2 is 1.50 bits per heavy atom. The zero-order chi connectivity index (χ0) is 18.0. The number of hydrogen-bond acceptors (Lipinski definition) is 6. The first kappa shape index (κ1) is 18.7. The van der Waals surface area contributed by atoms with Crippen LogP contribution in [0.25, 0.3) is 0 Å². The molecule has 2 saturated heterocycles. The Morgan fingerprint density at radius 3 is 2.04 bits per heavy atom. The van der Waals surface area contributed by atoms with Crippen molar-refractivity contribution < 1.29 is 24.2 Å². The molecule has 1 N–H and O–H groups in total. The molecule has 0 aromatic heterocycles. The molecular weight excluding hydrogens is 310 g/mol. The highest BCUT2D eigenvalue weighted by Crippen LogP contribution is 2.38. The first-order valence-electron chi connectivity index (χ1n) is 8.37. The number of carbonyl (C=O) groups is 2. The Hall–Kier alpha value is -1.66.